The van der Waals surface area contributed by atoms with Gasteiger partial charge in [0.25, 0.3) is 0 Å². The Bertz CT molecular complexity index is 1390. The monoisotopic (exact) mass is 492 g/mol. The zero-order valence-corrected chi connectivity index (χ0v) is 20.0. The van der Waals surface area contributed by atoms with Gasteiger partial charge in [0, 0.05) is 72.9 Å². The van der Waals surface area contributed by atoms with Crippen molar-refractivity contribution in [3.63, 3.8) is 0 Å². The van der Waals surface area contributed by atoms with Gasteiger partial charge >= 0.3 is 6.61 Å². The SMILES string of the molecule is Cc1nc2ccc(-c3cnc(N4CCNC(=O)CC4C)nc3)cn2c1Cc1ccccc1OC(F)F. The molecule has 0 spiro atoms. The Morgan fingerprint density at radius 1 is 1.14 bits per heavy atom. The van der Waals surface area contributed by atoms with E-state index in [9.17, 15) is 13.6 Å². The number of ether oxygens (including phenoxy) is 1. The number of nitrogens with one attached hydrogen (secondary N) is 1. The Labute approximate surface area is 207 Å². The van der Waals surface area contributed by atoms with Crippen LogP contribution in [0.5, 0.6) is 5.75 Å². The summed E-state index contributed by atoms with van der Waals surface area (Å²) >= 11 is 0. The summed E-state index contributed by atoms with van der Waals surface area (Å²) in [5.74, 6) is 0.769. The summed E-state index contributed by atoms with van der Waals surface area (Å²) in [5, 5.41) is 2.88. The Hall–Kier alpha value is -4.08. The van der Waals surface area contributed by atoms with Crippen LogP contribution in [0.1, 0.15) is 30.3 Å². The molecule has 1 atom stereocenters. The van der Waals surface area contributed by atoms with E-state index in [2.05, 4.69) is 20.3 Å². The normalized spacial score (nSPS) is 16.3. The number of hydrogen-bond donors (Lipinski definition) is 1. The van der Waals surface area contributed by atoms with Gasteiger partial charge in [-0.2, -0.15) is 8.78 Å². The number of aryl methyl sites for hydroxylation is 1. The maximum Gasteiger partial charge on any atom is 0.387 e. The van der Waals surface area contributed by atoms with Crippen LogP contribution in [0, 0.1) is 6.92 Å². The fourth-order valence-electron chi connectivity index (χ4n) is 4.54. The Kier molecular flexibility index (Phi) is 6.49. The smallest absolute Gasteiger partial charge is 0.387 e. The van der Waals surface area contributed by atoms with Crippen molar-refractivity contribution in [1.29, 1.82) is 0 Å². The van der Waals surface area contributed by atoms with Gasteiger partial charge in [0.2, 0.25) is 11.9 Å². The number of para-hydroxylation sites is 1. The van der Waals surface area contributed by atoms with Crippen molar-refractivity contribution in [3.05, 3.63) is 71.9 Å². The van der Waals surface area contributed by atoms with E-state index in [0.717, 1.165) is 28.2 Å². The van der Waals surface area contributed by atoms with Crippen LogP contribution < -0.4 is 15.0 Å². The number of aromatic nitrogens is 4. The molecule has 1 amide bonds. The van der Waals surface area contributed by atoms with E-state index in [0.29, 0.717) is 37.4 Å². The van der Waals surface area contributed by atoms with Crippen molar-refractivity contribution in [2.24, 2.45) is 0 Å². The van der Waals surface area contributed by atoms with Gasteiger partial charge in [0.05, 0.1) is 5.69 Å². The third kappa shape index (κ3) is 4.84. The first kappa shape index (κ1) is 23.7. The molecular weight excluding hydrogens is 466 g/mol. The zero-order valence-electron chi connectivity index (χ0n) is 20.0. The maximum atomic E-state index is 12.9. The summed E-state index contributed by atoms with van der Waals surface area (Å²) in [6.07, 6.45) is 6.28. The largest absolute Gasteiger partial charge is 0.435 e. The molecule has 4 heterocycles. The molecule has 8 nitrogen and oxygen atoms in total. The minimum absolute atomic E-state index is 0.00288. The molecule has 0 radical (unpaired) electrons. The van der Waals surface area contributed by atoms with E-state index in [1.165, 1.54) is 0 Å². The molecule has 0 aliphatic carbocycles. The van der Waals surface area contributed by atoms with Crippen molar-refractivity contribution in [2.75, 3.05) is 18.0 Å². The Morgan fingerprint density at radius 2 is 1.92 bits per heavy atom. The van der Waals surface area contributed by atoms with Gasteiger partial charge in [0.1, 0.15) is 11.4 Å². The molecule has 1 unspecified atom stereocenters. The van der Waals surface area contributed by atoms with Crippen LogP contribution in [-0.4, -0.2) is 51.0 Å². The summed E-state index contributed by atoms with van der Waals surface area (Å²) in [6, 6.07) is 10.7. The number of hydrogen-bond acceptors (Lipinski definition) is 6. The first-order chi connectivity index (χ1) is 17.4. The molecule has 36 heavy (non-hydrogen) atoms. The predicted octanol–water partition coefficient (Wildman–Crippen LogP) is 4.01. The summed E-state index contributed by atoms with van der Waals surface area (Å²) in [6.45, 7) is 2.20. The quantitative estimate of drug-likeness (QED) is 0.438. The van der Waals surface area contributed by atoms with Crippen LogP contribution >= 0.6 is 0 Å². The molecule has 0 saturated carbocycles. The number of rotatable bonds is 6. The van der Waals surface area contributed by atoms with Gasteiger partial charge in [-0.3, -0.25) is 4.79 Å². The van der Waals surface area contributed by atoms with E-state index >= 15 is 0 Å². The van der Waals surface area contributed by atoms with Gasteiger partial charge in [-0.25, -0.2) is 15.0 Å². The number of alkyl halides is 2. The van der Waals surface area contributed by atoms with Gasteiger partial charge in [-0.15, -0.1) is 0 Å². The lowest BCUT2D eigenvalue weighted by Crippen LogP contribution is -2.35. The molecule has 0 bridgehead atoms. The highest BCUT2D eigenvalue weighted by Crippen LogP contribution is 2.27. The summed E-state index contributed by atoms with van der Waals surface area (Å²) in [4.78, 5) is 27.6. The molecule has 10 heteroatoms. The second-order valence-electron chi connectivity index (χ2n) is 8.82. The molecule has 4 aromatic rings. The lowest BCUT2D eigenvalue weighted by molar-refractivity contribution is -0.120. The Morgan fingerprint density at radius 3 is 2.69 bits per heavy atom. The first-order valence-electron chi connectivity index (χ1n) is 11.7. The van der Waals surface area contributed by atoms with Gasteiger partial charge in [-0.05, 0) is 32.0 Å². The fraction of sp³-hybridized carbons (Fsp3) is 0.308. The fourth-order valence-corrected chi connectivity index (χ4v) is 4.54. The first-order valence-corrected chi connectivity index (χ1v) is 11.7. The van der Waals surface area contributed by atoms with E-state index in [-0.39, 0.29) is 17.7 Å². The molecule has 1 fully saturated rings. The lowest BCUT2D eigenvalue weighted by atomic mass is 10.1. The third-order valence-electron chi connectivity index (χ3n) is 6.38. The number of halogens is 2. The van der Waals surface area contributed by atoms with Crippen molar-refractivity contribution in [3.8, 4) is 16.9 Å². The van der Waals surface area contributed by atoms with Gasteiger partial charge < -0.3 is 19.4 Å². The average molecular weight is 493 g/mol. The topological polar surface area (TPSA) is 84.7 Å². The molecule has 5 rings (SSSR count). The summed E-state index contributed by atoms with van der Waals surface area (Å²) in [5.41, 5.74) is 4.82. The number of carbonyl (C=O) groups is 1. The number of anilines is 1. The standard InChI is InChI=1S/C26H26F2N6O2/c1-16-11-24(35)29-9-10-33(16)26-30-13-20(14-31-26)19-7-8-23-32-17(2)21(34(23)15-19)12-18-5-3-4-6-22(18)36-25(27)28/h3-8,13-16,25H,9-12H2,1-2H3,(H,29,35). The van der Waals surface area contributed by atoms with Crippen LogP contribution in [0.15, 0.2) is 55.0 Å². The molecule has 1 aliphatic rings. The van der Waals surface area contributed by atoms with E-state index in [4.69, 9.17) is 4.74 Å². The van der Waals surface area contributed by atoms with Crippen molar-refractivity contribution < 1.29 is 18.3 Å². The molecule has 1 aliphatic heterocycles. The number of nitrogens with zero attached hydrogens (tertiary/aromatic N) is 5. The number of fused-ring (bicyclic) bond motifs is 1. The minimum Gasteiger partial charge on any atom is -0.435 e. The van der Waals surface area contributed by atoms with E-state index in [1.54, 1.807) is 36.7 Å². The molecule has 3 aromatic heterocycles. The zero-order chi connectivity index (χ0) is 25.2. The molecule has 1 saturated heterocycles. The molecule has 186 valence electrons. The highest BCUT2D eigenvalue weighted by molar-refractivity contribution is 5.77. The van der Waals surface area contributed by atoms with Crippen LogP contribution in [0.4, 0.5) is 14.7 Å². The van der Waals surface area contributed by atoms with Gasteiger partial charge in [0.15, 0.2) is 0 Å². The van der Waals surface area contributed by atoms with Crippen LogP contribution in [0.25, 0.3) is 16.8 Å². The Balaban J connectivity index is 1.44. The number of amides is 1. The molecule has 1 N–H and O–H groups in total. The van der Waals surface area contributed by atoms with Crippen molar-refractivity contribution in [1.82, 2.24) is 24.7 Å². The second kappa shape index (κ2) is 9.88. The summed E-state index contributed by atoms with van der Waals surface area (Å²) in [7, 11) is 0. The van der Waals surface area contributed by atoms with Crippen LogP contribution in [0.3, 0.4) is 0 Å². The average Bonchev–Trinajstić information content (AvgIpc) is 3.05. The van der Waals surface area contributed by atoms with Gasteiger partial charge in [-0.1, -0.05) is 18.2 Å². The lowest BCUT2D eigenvalue weighted by Gasteiger charge is -2.25. The highest BCUT2D eigenvalue weighted by atomic mass is 19.3. The molecule has 1 aromatic carbocycles. The van der Waals surface area contributed by atoms with Crippen LogP contribution in [0.2, 0.25) is 0 Å². The number of pyridine rings is 1. The number of imidazole rings is 1. The van der Waals surface area contributed by atoms with Crippen molar-refractivity contribution in [2.45, 2.75) is 39.3 Å². The number of benzene rings is 1. The van der Waals surface area contributed by atoms with E-state index in [1.807, 2.05) is 41.5 Å². The van der Waals surface area contributed by atoms with Crippen LogP contribution in [-0.2, 0) is 11.2 Å². The van der Waals surface area contributed by atoms with E-state index < -0.39 is 6.61 Å². The third-order valence-corrected chi connectivity index (χ3v) is 6.38. The maximum absolute atomic E-state index is 12.9. The van der Waals surface area contributed by atoms with Crippen molar-refractivity contribution >= 4 is 17.5 Å². The predicted molar refractivity (Wildman–Crippen MR) is 131 cm³/mol. The number of carbonyl (C=O) groups excluding carboxylic acids is 1. The second-order valence-corrected chi connectivity index (χ2v) is 8.82. The highest BCUT2D eigenvalue weighted by Gasteiger charge is 2.23. The minimum atomic E-state index is -2.89. The summed E-state index contributed by atoms with van der Waals surface area (Å²) < 4.78 is 32.5. The molecular formula is C26H26F2N6O2.